The molecule has 1 fully saturated rings. The van der Waals surface area contributed by atoms with Crippen LogP contribution in [0.5, 0.6) is 0 Å². The van der Waals surface area contributed by atoms with E-state index in [4.69, 9.17) is 5.14 Å². The van der Waals surface area contributed by atoms with Gasteiger partial charge in [-0.2, -0.15) is 12.7 Å². The van der Waals surface area contributed by atoms with Crippen LogP contribution >= 0.6 is 0 Å². The molecule has 1 aliphatic carbocycles. The summed E-state index contributed by atoms with van der Waals surface area (Å²) < 4.78 is 25.7. The maximum Gasteiger partial charge on any atom is 0.276 e. The fraction of sp³-hybridized carbons (Fsp3) is 0.538. The highest BCUT2D eigenvalue weighted by atomic mass is 32.2. The summed E-state index contributed by atoms with van der Waals surface area (Å²) in [7, 11) is -2.30. The van der Waals surface area contributed by atoms with E-state index in [9.17, 15) is 13.5 Å². The van der Waals surface area contributed by atoms with Crippen molar-refractivity contribution in [1.29, 1.82) is 0 Å². The summed E-state index contributed by atoms with van der Waals surface area (Å²) in [5, 5.41) is 16.3. The van der Waals surface area contributed by atoms with Gasteiger partial charge in [-0.25, -0.2) is 15.1 Å². The van der Waals surface area contributed by atoms with Crippen molar-refractivity contribution in [2.75, 3.05) is 13.6 Å². The molecular formula is C13H19N5O3S. The number of aromatic nitrogens is 3. The van der Waals surface area contributed by atoms with Gasteiger partial charge in [0, 0.05) is 43.3 Å². The first kappa shape index (κ1) is 15.3. The summed E-state index contributed by atoms with van der Waals surface area (Å²) >= 11 is 0. The number of nitrogens with two attached hydrogens (primary N) is 1. The SMILES string of the molecule is CN(C[C@@H]1C[C@@H](n2ccc3cncnc32)C[C@@H]1O)S(N)(=O)=O. The minimum atomic E-state index is -3.72. The molecule has 9 heteroatoms. The largest absolute Gasteiger partial charge is 0.393 e. The summed E-state index contributed by atoms with van der Waals surface area (Å²) in [6, 6.07) is 2.02. The third kappa shape index (κ3) is 2.84. The molecule has 3 N–H and O–H groups in total. The van der Waals surface area contributed by atoms with Crippen LogP contribution in [0.3, 0.4) is 0 Å². The molecule has 0 amide bonds. The monoisotopic (exact) mass is 325 g/mol. The molecule has 3 atom stereocenters. The van der Waals surface area contributed by atoms with Crippen LogP contribution in [0.1, 0.15) is 18.9 Å². The highest BCUT2D eigenvalue weighted by Crippen LogP contribution is 2.37. The molecule has 0 aliphatic heterocycles. The first-order valence-electron chi connectivity index (χ1n) is 7.05. The van der Waals surface area contributed by atoms with E-state index < -0.39 is 16.3 Å². The van der Waals surface area contributed by atoms with Crippen LogP contribution in [-0.2, 0) is 10.2 Å². The van der Waals surface area contributed by atoms with Crippen molar-refractivity contribution in [1.82, 2.24) is 18.8 Å². The molecule has 1 saturated carbocycles. The van der Waals surface area contributed by atoms with Gasteiger partial charge in [-0.1, -0.05) is 0 Å². The van der Waals surface area contributed by atoms with Gasteiger partial charge in [-0.3, -0.25) is 0 Å². The molecule has 22 heavy (non-hydrogen) atoms. The van der Waals surface area contributed by atoms with E-state index in [1.807, 2.05) is 16.8 Å². The predicted octanol–water partition coefficient (Wildman–Crippen LogP) is -0.121. The van der Waals surface area contributed by atoms with E-state index in [0.29, 0.717) is 12.8 Å². The number of hydrogen-bond donors (Lipinski definition) is 2. The Morgan fingerprint density at radius 2 is 2.27 bits per heavy atom. The molecule has 1 aliphatic rings. The van der Waals surface area contributed by atoms with E-state index >= 15 is 0 Å². The number of aliphatic hydroxyl groups is 1. The summed E-state index contributed by atoms with van der Waals surface area (Å²) in [4.78, 5) is 8.27. The lowest BCUT2D eigenvalue weighted by Crippen LogP contribution is -2.38. The van der Waals surface area contributed by atoms with Crippen molar-refractivity contribution in [3.63, 3.8) is 0 Å². The molecule has 0 bridgehead atoms. The zero-order chi connectivity index (χ0) is 15.9. The Balaban J connectivity index is 1.78. The highest BCUT2D eigenvalue weighted by Gasteiger charge is 2.36. The topological polar surface area (TPSA) is 114 Å². The summed E-state index contributed by atoms with van der Waals surface area (Å²) in [6.07, 6.45) is 5.86. The third-order valence-corrected chi connectivity index (χ3v) is 5.35. The van der Waals surface area contributed by atoms with Gasteiger partial charge in [0.15, 0.2) is 0 Å². The number of rotatable bonds is 4. The Bertz CT molecular complexity index is 775. The van der Waals surface area contributed by atoms with Crippen LogP contribution in [-0.4, -0.2) is 52.1 Å². The highest BCUT2D eigenvalue weighted by molar-refractivity contribution is 7.86. The minimum Gasteiger partial charge on any atom is -0.393 e. The molecule has 120 valence electrons. The lowest BCUT2D eigenvalue weighted by molar-refractivity contribution is 0.122. The van der Waals surface area contributed by atoms with Gasteiger partial charge in [0.2, 0.25) is 0 Å². The van der Waals surface area contributed by atoms with Crippen LogP contribution in [0.25, 0.3) is 11.0 Å². The van der Waals surface area contributed by atoms with Crippen LogP contribution in [0.2, 0.25) is 0 Å². The summed E-state index contributed by atoms with van der Waals surface area (Å²) in [6.45, 7) is 0.213. The molecule has 0 spiro atoms. The molecule has 0 saturated heterocycles. The quantitative estimate of drug-likeness (QED) is 0.813. The zero-order valence-corrected chi connectivity index (χ0v) is 13.0. The summed E-state index contributed by atoms with van der Waals surface area (Å²) in [5.74, 6) is -0.146. The molecule has 0 unspecified atom stereocenters. The lowest BCUT2D eigenvalue weighted by Gasteiger charge is -2.20. The molecular weight excluding hydrogens is 306 g/mol. The second-order valence-corrected chi connectivity index (χ2v) is 7.46. The van der Waals surface area contributed by atoms with Crippen molar-refractivity contribution >= 4 is 21.2 Å². The van der Waals surface area contributed by atoms with Crippen LogP contribution < -0.4 is 5.14 Å². The first-order chi connectivity index (χ1) is 10.4. The lowest BCUT2D eigenvalue weighted by atomic mass is 10.1. The smallest absolute Gasteiger partial charge is 0.276 e. The van der Waals surface area contributed by atoms with Gasteiger partial charge >= 0.3 is 0 Å². The maximum absolute atomic E-state index is 11.3. The third-order valence-electron chi connectivity index (χ3n) is 4.33. The van der Waals surface area contributed by atoms with E-state index in [1.165, 1.54) is 13.4 Å². The number of aliphatic hydroxyl groups excluding tert-OH is 1. The Morgan fingerprint density at radius 1 is 1.50 bits per heavy atom. The number of fused-ring (bicyclic) bond motifs is 1. The average Bonchev–Trinajstić information content (AvgIpc) is 3.02. The Hall–Kier alpha value is -1.55. The van der Waals surface area contributed by atoms with Gasteiger partial charge in [0.25, 0.3) is 10.2 Å². The number of nitrogens with zero attached hydrogens (tertiary/aromatic N) is 4. The van der Waals surface area contributed by atoms with E-state index in [-0.39, 0.29) is 18.5 Å². The minimum absolute atomic E-state index is 0.0845. The molecule has 2 heterocycles. The second kappa shape index (κ2) is 5.58. The fourth-order valence-electron chi connectivity index (χ4n) is 3.12. The van der Waals surface area contributed by atoms with Gasteiger partial charge in [0.05, 0.1) is 6.10 Å². The van der Waals surface area contributed by atoms with E-state index in [0.717, 1.165) is 15.3 Å². The molecule has 3 rings (SSSR count). The predicted molar refractivity (Wildman–Crippen MR) is 81.0 cm³/mol. The van der Waals surface area contributed by atoms with Crippen LogP contribution in [0.4, 0.5) is 0 Å². The standard InChI is InChI=1S/C13H19N5O3S/c1-17(22(14,20)21)7-10-4-11(5-12(10)19)18-3-2-9-6-15-8-16-13(9)18/h2-3,6,8,10-12,19H,4-5,7H2,1H3,(H2,14,20,21)/t10-,11+,12-/m0/s1. The zero-order valence-electron chi connectivity index (χ0n) is 12.2. The molecule has 2 aromatic heterocycles. The van der Waals surface area contributed by atoms with Crippen molar-refractivity contribution in [2.45, 2.75) is 25.0 Å². The van der Waals surface area contributed by atoms with Crippen molar-refractivity contribution in [3.05, 3.63) is 24.8 Å². The first-order valence-corrected chi connectivity index (χ1v) is 8.55. The van der Waals surface area contributed by atoms with Gasteiger partial charge in [-0.05, 0) is 18.9 Å². The Kier molecular flexibility index (Phi) is 3.89. The molecule has 0 aromatic carbocycles. The Morgan fingerprint density at radius 3 is 3.00 bits per heavy atom. The maximum atomic E-state index is 11.3. The molecule has 2 aromatic rings. The fourth-order valence-corrected chi connectivity index (χ4v) is 3.52. The van der Waals surface area contributed by atoms with Gasteiger partial charge in [-0.15, -0.1) is 0 Å². The van der Waals surface area contributed by atoms with Crippen molar-refractivity contribution < 1.29 is 13.5 Å². The normalized spacial score (nSPS) is 26.1. The van der Waals surface area contributed by atoms with Crippen molar-refractivity contribution in [2.24, 2.45) is 11.1 Å². The second-order valence-electron chi connectivity index (χ2n) is 5.80. The van der Waals surface area contributed by atoms with E-state index in [1.54, 1.807) is 6.20 Å². The average molecular weight is 325 g/mol. The molecule has 0 radical (unpaired) electrons. The van der Waals surface area contributed by atoms with E-state index in [2.05, 4.69) is 9.97 Å². The van der Waals surface area contributed by atoms with Gasteiger partial charge in [0.1, 0.15) is 12.0 Å². The summed E-state index contributed by atoms with van der Waals surface area (Å²) in [5.41, 5.74) is 0.827. The number of hydrogen-bond acceptors (Lipinski definition) is 5. The van der Waals surface area contributed by atoms with Crippen LogP contribution in [0.15, 0.2) is 24.8 Å². The van der Waals surface area contributed by atoms with Gasteiger partial charge < -0.3 is 9.67 Å². The van der Waals surface area contributed by atoms with Crippen molar-refractivity contribution in [3.8, 4) is 0 Å². The van der Waals surface area contributed by atoms with Crippen LogP contribution in [0, 0.1) is 5.92 Å². The Labute approximate surface area is 128 Å². The molecule has 8 nitrogen and oxygen atoms in total.